The first kappa shape index (κ1) is 12.6. The third-order valence-corrected chi connectivity index (χ3v) is 4.03. The SMILES string of the molecule is Cc1sc(C(C)(C)N)nc1-c1ccc(Cl)cc1. The fourth-order valence-corrected chi connectivity index (χ4v) is 2.62. The van der Waals surface area contributed by atoms with Gasteiger partial charge in [0.05, 0.1) is 11.2 Å². The first-order chi connectivity index (χ1) is 7.88. The first-order valence-corrected chi connectivity index (χ1v) is 6.60. The van der Waals surface area contributed by atoms with Crippen molar-refractivity contribution >= 4 is 22.9 Å². The Morgan fingerprint density at radius 3 is 2.29 bits per heavy atom. The van der Waals surface area contributed by atoms with E-state index in [9.17, 15) is 0 Å². The summed E-state index contributed by atoms with van der Waals surface area (Å²) in [6.45, 7) is 6.00. The Morgan fingerprint density at radius 1 is 1.24 bits per heavy atom. The summed E-state index contributed by atoms with van der Waals surface area (Å²) in [5.74, 6) is 0. The summed E-state index contributed by atoms with van der Waals surface area (Å²) in [5.41, 5.74) is 7.76. The van der Waals surface area contributed by atoms with Gasteiger partial charge in [-0.3, -0.25) is 0 Å². The van der Waals surface area contributed by atoms with Crippen molar-refractivity contribution in [3.63, 3.8) is 0 Å². The van der Waals surface area contributed by atoms with Crippen LogP contribution in [0.2, 0.25) is 5.02 Å². The van der Waals surface area contributed by atoms with Crippen molar-refractivity contribution < 1.29 is 0 Å². The van der Waals surface area contributed by atoms with E-state index in [4.69, 9.17) is 17.3 Å². The molecule has 2 rings (SSSR count). The van der Waals surface area contributed by atoms with Gasteiger partial charge in [0.2, 0.25) is 0 Å². The molecular formula is C13H15ClN2S. The molecule has 0 saturated heterocycles. The van der Waals surface area contributed by atoms with Gasteiger partial charge in [-0.15, -0.1) is 11.3 Å². The maximum absolute atomic E-state index is 6.07. The van der Waals surface area contributed by atoms with Crippen molar-refractivity contribution in [2.75, 3.05) is 0 Å². The second kappa shape index (κ2) is 4.41. The van der Waals surface area contributed by atoms with Gasteiger partial charge in [0, 0.05) is 15.5 Å². The molecule has 1 aromatic carbocycles. The van der Waals surface area contributed by atoms with Gasteiger partial charge in [-0.2, -0.15) is 0 Å². The number of nitrogens with two attached hydrogens (primary N) is 1. The van der Waals surface area contributed by atoms with E-state index in [0.717, 1.165) is 21.3 Å². The molecular weight excluding hydrogens is 252 g/mol. The van der Waals surface area contributed by atoms with Crippen LogP contribution in [0.5, 0.6) is 0 Å². The van der Waals surface area contributed by atoms with E-state index < -0.39 is 0 Å². The van der Waals surface area contributed by atoms with Crippen LogP contribution < -0.4 is 5.73 Å². The molecule has 4 heteroatoms. The quantitative estimate of drug-likeness (QED) is 0.893. The lowest BCUT2D eigenvalue weighted by atomic mass is 10.1. The normalized spacial score (nSPS) is 11.8. The molecule has 0 unspecified atom stereocenters. The number of aromatic nitrogens is 1. The molecule has 0 aliphatic rings. The molecule has 0 aliphatic heterocycles. The minimum absolute atomic E-state index is 0.389. The molecule has 2 aromatic rings. The van der Waals surface area contributed by atoms with Crippen LogP contribution in [0.3, 0.4) is 0 Å². The number of hydrogen-bond donors (Lipinski definition) is 1. The Bertz CT molecular complexity index is 523. The van der Waals surface area contributed by atoms with Gasteiger partial charge in [-0.25, -0.2) is 4.98 Å². The molecule has 0 spiro atoms. The van der Waals surface area contributed by atoms with Gasteiger partial charge < -0.3 is 5.73 Å². The van der Waals surface area contributed by atoms with E-state index >= 15 is 0 Å². The fourth-order valence-electron chi connectivity index (χ4n) is 1.55. The van der Waals surface area contributed by atoms with Crippen molar-refractivity contribution in [3.8, 4) is 11.3 Å². The van der Waals surface area contributed by atoms with E-state index in [-0.39, 0.29) is 5.54 Å². The van der Waals surface area contributed by atoms with Crippen LogP contribution in [0.15, 0.2) is 24.3 Å². The molecule has 0 aliphatic carbocycles. The Balaban J connectivity index is 2.46. The van der Waals surface area contributed by atoms with Crippen LogP contribution in [0.4, 0.5) is 0 Å². The molecule has 17 heavy (non-hydrogen) atoms. The van der Waals surface area contributed by atoms with Gasteiger partial charge in [-0.05, 0) is 32.9 Å². The topological polar surface area (TPSA) is 38.9 Å². The van der Waals surface area contributed by atoms with Crippen LogP contribution in [0, 0.1) is 6.92 Å². The van der Waals surface area contributed by atoms with E-state index in [1.54, 1.807) is 11.3 Å². The third kappa shape index (κ3) is 2.68. The Hall–Kier alpha value is -0.900. The molecule has 0 fully saturated rings. The van der Waals surface area contributed by atoms with Crippen molar-refractivity contribution in [2.24, 2.45) is 5.73 Å². The molecule has 0 amide bonds. The Morgan fingerprint density at radius 2 is 1.82 bits per heavy atom. The maximum Gasteiger partial charge on any atom is 0.113 e. The van der Waals surface area contributed by atoms with Crippen molar-refractivity contribution in [1.29, 1.82) is 0 Å². The summed E-state index contributed by atoms with van der Waals surface area (Å²) in [6.07, 6.45) is 0. The highest BCUT2D eigenvalue weighted by atomic mass is 35.5. The van der Waals surface area contributed by atoms with E-state index in [1.165, 1.54) is 4.88 Å². The zero-order chi connectivity index (χ0) is 12.6. The lowest BCUT2D eigenvalue weighted by Gasteiger charge is -2.13. The van der Waals surface area contributed by atoms with E-state index in [0.29, 0.717) is 0 Å². The number of rotatable bonds is 2. The van der Waals surface area contributed by atoms with Gasteiger partial charge in [-0.1, -0.05) is 23.7 Å². The lowest BCUT2D eigenvalue weighted by molar-refractivity contribution is 0.551. The first-order valence-electron chi connectivity index (χ1n) is 5.40. The summed E-state index contributed by atoms with van der Waals surface area (Å²) in [4.78, 5) is 5.81. The molecule has 1 aromatic heterocycles. The average Bonchev–Trinajstić information content (AvgIpc) is 2.61. The van der Waals surface area contributed by atoms with Crippen LogP contribution >= 0.6 is 22.9 Å². The smallest absolute Gasteiger partial charge is 0.113 e. The number of hydrogen-bond acceptors (Lipinski definition) is 3. The van der Waals surface area contributed by atoms with E-state index in [1.807, 2.05) is 38.1 Å². The summed E-state index contributed by atoms with van der Waals surface area (Å²) in [7, 11) is 0. The lowest BCUT2D eigenvalue weighted by Crippen LogP contribution is -2.28. The standard InChI is InChI=1S/C13H15ClN2S/c1-8-11(9-4-6-10(14)7-5-9)16-12(17-8)13(2,3)15/h4-7H,15H2,1-3H3. The summed E-state index contributed by atoms with van der Waals surface area (Å²) >= 11 is 7.53. The molecule has 1 heterocycles. The molecule has 2 N–H and O–H groups in total. The predicted octanol–water partition coefficient (Wildman–Crippen LogP) is 3.97. The fraction of sp³-hybridized carbons (Fsp3) is 0.308. The maximum atomic E-state index is 6.07. The second-order valence-corrected chi connectivity index (χ2v) is 6.29. The summed E-state index contributed by atoms with van der Waals surface area (Å²) < 4.78 is 0. The zero-order valence-corrected chi connectivity index (χ0v) is 11.7. The van der Waals surface area contributed by atoms with Gasteiger partial charge in [0.1, 0.15) is 5.01 Å². The monoisotopic (exact) mass is 266 g/mol. The van der Waals surface area contributed by atoms with Gasteiger partial charge in [0.15, 0.2) is 0 Å². The highest BCUT2D eigenvalue weighted by Gasteiger charge is 2.21. The van der Waals surface area contributed by atoms with E-state index in [2.05, 4.69) is 11.9 Å². The van der Waals surface area contributed by atoms with Crippen LogP contribution in [-0.4, -0.2) is 4.98 Å². The zero-order valence-electron chi connectivity index (χ0n) is 10.1. The highest BCUT2D eigenvalue weighted by Crippen LogP contribution is 2.32. The van der Waals surface area contributed by atoms with Crippen molar-refractivity contribution in [1.82, 2.24) is 4.98 Å². The van der Waals surface area contributed by atoms with Crippen molar-refractivity contribution in [3.05, 3.63) is 39.2 Å². The number of aryl methyl sites for hydroxylation is 1. The number of thiazole rings is 1. The number of nitrogens with zero attached hydrogens (tertiary/aromatic N) is 1. The Kier molecular flexibility index (Phi) is 3.25. The van der Waals surface area contributed by atoms with Gasteiger partial charge in [0.25, 0.3) is 0 Å². The second-order valence-electron chi connectivity index (χ2n) is 4.65. The Labute approximate surface area is 110 Å². The molecule has 0 atom stereocenters. The minimum Gasteiger partial charge on any atom is -0.320 e. The minimum atomic E-state index is -0.389. The molecule has 0 saturated carbocycles. The largest absolute Gasteiger partial charge is 0.320 e. The molecule has 0 bridgehead atoms. The average molecular weight is 267 g/mol. The number of halogens is 1. The molecule has 0 radical (unpaired) electrons. The van der Waals surface area contributed by atoms with Crippen LogP contribution in [-0.2, 0) is 5.54 Å². The van der Waals surface area contributed by atoms with Crippen LogP contribution in [0.25, 0.3) is 11.3 Å². The summed E-state index contributed by atoms with van der Waals surface area (Å²) in [5, 5.41) is 1.70. The molecule has 90 valence electrons. The van der Waals surface area contributed by atoms with Crippen molar-refractivity contribution in [2.45, 2.75) is 26.3 Å². The number of benzene rings is 1. The summed E-state index contributed by atoms with van der Waals surface area (Å²) in [6, 6.07) is 7.72. The molecule has 2 nitrogen and oxygen atoms in total. The third-order valence-electron chi connectivity index (χ3n) is 2.47. The highest BCUT2D eigenvalue weighted by molar-refractivity contribution is 7.12. The van der Waals surface area contributed by atoms with Gasteiger partial charge >= 0.3 is 0 Å². The van der Waals surface area contributed by atoms with Crippen LogP contribution in [0.1, 0.15) is 23.7 Å². The predicted molar refractivity (Wildman–Crippen MR) is 74.5 cm³/mol.